The van der Waals surface area contributed by atoms with E-state index < -0.39 is 0 Å². The van der Waals surface area contributed by atoms with Gasteiger partial charge in [-0.2, -0.15) is 0 Å². The number of nitrogens with one attached hydrogen (secondary N) is 1. The second-order valence-electron chi connectivity index (χ2n) is 11.9. The molecule has 0 unspecified atom stereocenters. The number of hydrogen-bond acceptors (Lipinski definition) is 4. The van der Waals surface area contributed by atoms with Crippen LogP contribution in [0.4, 0.5) is 0 Å². The van der Waals surface area contributed by atoms with E-state index in [9.17, 15) is 9.59 Å². The Labute approximate surface area is 183 Å². The van der Waals surface area contributed by atoms with E-state index in [2.05, 4.69) is 33.0 Å². The minimum atomic E-state index is 0.00235. The second-order valence-corrected chi connectivity index (χ2v) is 11.9. The quantitative estimate of drug-likeness (QED) is 0.640. The lowest BCUT2D eigenvalue weighted by atomic mass is 9.43. The Morgan fingerprint density at radius 2 is 1.93 bits per heavy atom. The lowest BCUT2D eigenvalue weighted by Gasteiger charge is -2.62. The average molecular weight is 418 g/mol. The first-order valence-electron chi connectivity index (χ1n) is 12.5. The van der Waals surface area contributed by atoms with Crippen molar-refractivity contribution in [3.05, 3.63) is 0 Å². The fourth-order valence-electron chi connectivity index (χ4n) is 8.51. The lowest BCUT2D eigenvalue weighted by Crippen LogP contribution is -2.62. The molecule has 1 N–H and O–H groups in total. The van der Waals surface area contributed by atoms with E-state index in [-0.39, 0.29) is 22.7 Å². The molecule has 0 aromatic heterocycles. The Morgan fingerprint density at radius 3 is 2.63 bits per heavy atom. The van der Waals surface area contributed by atoms with Crippen LogP contribution in [-0.4, -0.2) is 31.4 Å². The molecule has 8 atom stereocenters. The molecule has 0 saturated heterocycles. The standard InChI is InChI=1S/C26H43NO3/c1-16(2)11-13-27-22-15-26(4)20(8-9-21(26)24(29)30-5)19-7-6-17-14-18(28)10-12-25(17,3)23(19)22/h16-17,19-23,27H,6-15H2,1-5H3/t17-,19-,20-,21+,22+,23+,25-,26-/m0/s1. The van der Waals surface area contributed by atoms with E-state index in [1.165, 1.54) is 19.3 Å². The van der Waals surface area contributed by atoms with Crippen molar-refractivity contribution in [1.29, 1.82) is 0 Å². The number of carbonyl (C=O) groups is 2. The first-order chi connectivity index (χ1) is 14.2. The zero-order valence-electron chi connectivity index (χ0n) is 19.8. The third-order valence-corrected chi connectivity index (χ3v) is 10.1. The van der Waals surface area contributed by atoms with Crippen molar-refractivity contribution in [3.8, 4) is 0 Å². The van der Waals surface area contributed by atoms with E-state index >= 15 is 0 Å². The topological polar surface area (TPSA) is 55.4 Å². The van der Waals surface area contributed by atoms with E-state index in [1.807, 2.05) is 0 Å². The molecule has 4 nitrogen and oxygen atoms in total. The molecule has 4 aliphatic carbocycles. The van der Waals surface area contributed by atoms with Crippen molar-refractivity contribution in [2.45, 2.75) is 91.5 Å². The molecule has 0 aromatic rings. The van der Waals surface area contributed by atoms with Gasteiger partial charge in [-0.15, -0.1) is 0 Å². The van der Waals surface area contributed by atoms with Crippen LogP contribution in [-0.2, 0) is 14.3 Å². The highest BCUT2D eigenvalue weighted by Crippen LogP contribution is 2.67. The number of hydrogen-bond donors (Lipinski definition) is 1. The van der Waals surface area contributed by atoms with Gasteiger partial charge in [0.2, 0.25) is 0 Å². The monoisotopic (exact) mass is 417 g/mol. The van der Waals surface area contributed by atoms with E-state index in [4.69, 9.17) is 4.74 Å². The Hall–Kier alpha value is -0.900. The van der Waals surface area contributed by atoms with Gasteiger partial charge in [0, 0.05) is 18.9 Å². The maximum atomic E-state index is 12.7. The van der Waals surface area contributed by atoms with Crippen molar-refractivity contribution >= 4 is 11.8 Å². The number of ketones is 1. The van der Waals surface area contributed by atoms with Crippen LogP contribution >= 0.6 is 0 Å². The predicted octanol–water partition coefficient (Wildman–Crippen LogP) is 5.00. The summed E-state index contributed by atoms with van der Waals surface area (Å²) < 4.78 is 5.25. The van der Waals surface area contributed by atoms with Crippen LogP contribution in [0.2, 0.25) is 0 Å². The second kappa shape index (κ2) is 8.22. The molecule has 4 rings (SSSR count). The summed E-state index contributed by atoms with van der Waals surface area (Å²) in [6, 6.07) is 0.446. The number of Topliss-reactive ketones (excluding diaryl/α,β-unsaturated/α-hetero) is 1. The minimum absolute atomic E-state index is 0.00235. The minimum Gasteiger partial charge on any atom is -0.469 e. The Kier molecular flexibility index (Phi) is 6.11. The van der Waals surface area contributed by atoms with Crippen molar-refractivity contribution in [2.24, 2.45) is 46.3 Å². The summed E-state index contributed by atoms with van der Waals surface area (Å²) in [6.07, 6.45) is 9.45. The van der Waals surface area contributed by atoms with Crippen LogP contribution in [0.1, 0.15) is 85.5 Å². The Bertz CT molecular complexity index is 675. The summed E-state index contributed by atoms with van der Waals surface area (Å²) in [5.74, 6) is 3.69. The summed E-state index contributed by atoms with van der Waals surface area (Å²) >= 11 is 0. The molecule has 4 saturated carbocycles. The van der Waals surface area contributed by atoms with Crippen LogP contribution < -0.4 is 5.32 Å². The van der Waals surface area contributed by atoms with E-state index in [0.29, 0.717) is 41.4 Å². The molecule has 4 fully saturated rings. The highest BCUT2D eigenvalue weighted by molar-refractivity contribution is 5.79. The first-order valence-corrected chi connectivity index (χ1v) is 12.5. The Morgan fingerprint density at radius 1 is 1.17 bits per heavy atom. The van der Waals surface area contributed by atoms with Gasteiger partial charge in [-0.3, -0.25) is 9.59 Å². The molecule has 0 aromatic carbocycles. The first kappa shape index (κ1) is 22.3. The number of esters is 1. The summed E-state index contributed by atoms with van der Waals surface area (Å²) in [7, 11) is 1.55. The van der Waals surface area contributed by atoms with Crippen LogP contribution in [0, 0.1) is 46.3 Å². The molecule has 4 heteroatoms. The van der Waals surface area contributed by atoms with Gasteiger partial charge >= 0.3 is 5.97 Å². The van der Waals surface area contributed by atoms with Gasteiger partial charge in [-0.1, -0.05) is 27.7 Å². The number of carbonyl (C=O) groups excluding carboxylic acids is 2. The van der Waals surface area contributed by atoms with Crippen LogP contribution in [0.3, 0.4) is 0 Å². The molecular formula is C26H43NO3. The molecule has 0 heterocycles. The molecule has 4 aliphatic rings. The number of rotatable bonds is 5. The average Bonchev–Trinajstić information content (AvgIpc) is 3.04. The van der Waals surface area contributed by atoms with Crippen LogP contribution in [0.5, 0.6) is 0 Å². The fourth-order valence-corrected chi connectivity index (χ4v) is 8.51. The smallest absolute Gasteiger partial charge is 0.309 e. The van der Waals surface area contributed by atoms with E-state index in [0.717, 1.165) is 45.1 Å². The number of methoxy groups -OCH3 is 1. The molecule has 170 valence electrons. The van der Waals surface area contributed by atoms with Gasteiger partial charge < -0.3 is 10.1 Å². The zero-order chi connectivity index (χ0) is 21.7. The summed E-state index contributed by atoms with van der Waals surface area (Å²) in [4.78, 5) is 25.0. The zero-order valence-corrected chi connectivity index (χ0v) is 19.8. The van der Waals surface area contributed by atoms with Gasteiger partial charge in [0.15, 0.2) is 0 Å². The Balaban J connectivity index is 1.66. The maximum Gasteiger partial charge on any atom is 0.309 e. The lowest BCUT2D eigenvalue weighted by molar-refractivity contribution is -0.161. The summed E-state index contributed by atoms with van der Waals surface area (Å²) in [5, 5.41) is 4.00. The summed E-state index contributed by atoms with van der Waals surface area (Å²) in [6.45, 7) is 10.5. The molecule has 0 spiro atoms. The molecule has 0 amide bonds. The number of fused-ring (bicyclic) bond motifs is 5. The molecular weight excluding hydrogens is 374 g/mol. The van der Waals surface area contributed by atoms with Gasteiger partial charge in [-0.05, 0) is 91.9 Å². The predicted molar refractivity (Wildman–Crippen MR) is 119 cm³/mol. The van der Waals surface area contributed by atoms with Crippen LogP contribution in [0.15, 0.2) is 0 Å². The van der Waals surface area contributed by atoms with Crippen molar-refractivity contribution in [2.75, 3.05) is 13.7 Å². The third-order valence-electron chi connectivity index (χ3n) is 10.1. The molecule has 30 heavy (non-hydrogen) atoms. The van der Waals surface area contributed by atoms with Crippen molar-refractivity contribution in [1.82, 2.24) is 5.32 Å². The number of ether oxygens (including phenoxy) is 1. The van der Waals surface area contributed by atoms with Gasteiger partial charge in [-0.25, -0.2) is 0 Å². The SMILES string of the molecule is COC(=O)[C@H]1CC[C@H]2[C@@H]3CC[C@H]4CC(=O)CC[C@]4(C)[C@H]3[C@H](NCCC(C)C)C[C@]12C. The normalized spacial score (nSPS) is 45.6. The molecule has 0 radical (unpaired) electrons. The molecule has 0 bridgehead atoms. The third kappa shape index (κ3) is 3.55. The van der Waals surface area contributed by atoms with Gasteiger partial charge in [0.05, 0.1) is 13.0 Å². The highest BCUT2D eigenvalue weighted by atomic mass is 16.5. The van der Waals surface area contributed by atoms with Crippen molar-refractivity contribution < 1.29 is 14.3 Å². The molecule has 0 aliphatic heterocycles. The largest absolute Gasteiger partial charge is 0.469 e. The summed E-state index contributed by atoms with van der Waals surface area (Å²) in [5.41, 5.74) is 0.300. The van der Waals surface area contributed by atoms with Gasteiger partial charge in [0.1, 0.15) is 5.78 Å². The van der Waals surface area contributed by atoms with Gasteiger partial charge in [0.25, 0.3) is 0 Å². The fraction of sp³-hybridized carbons (Fsp3) is 0.923. The van der Waals surface area contributed by atoms with Crippen LogP contribution in [0.25, 0.3) is 0 Å². The van der Waals surface area contributed by atoms with Crippen molar-refractivity contribution in [3.63, 3.8) is 0 Å². The maximum absolute atomic E-state index is 12.7. The highest BCUT2D eigenvalue weighted by Gasteiger charge is 2.64. The van der Waals surface area contributed by atoms with E-state index in [1.54, 1.807) is 7.11 Å².